The number of benzene rings is 1. The fourth-order valence-corrected chi connectivity index (χ4v) is 3.15. The van der Waals surface area contributed by atoms with Gasteiger partial charge in [-0.3, -0.25) is 4.79 Å². The first-order valence-electron chi connectivity index (χ1n) is 5.72. The zero-order valence-electron chi connectivity index (χ0n) is 9.56. The molecule has 3 rings (SSSR count). The molecule has 0 radical (unpaired) electrons. The number of carbonyl (C=O) groups excluding carboxylic acids is 1. The van der Waals surface area contributed by atoms with Gasteiger partial charge in [-0.1, -0.05) is 35.9 Å². The lowest BCUT2D eigenvalue weighted by molar-refractivity contribution is 0.0538. The van der Waals surface area contributed by atoms with Crippen LogP contribution in [0.25, 0.3) is 0 Å². The molecule has 1 aliphatic heterocycles. The maximum atomic E-state index is 12.1. The van der Waals surface area contributed by atoms with E-state index in [2.05, 4.69) is 0 Å². The SMILES string of the molecule is O=C(CC1OCc2ccccc21)c1ccc(Cl)s1. The van der Waals surface area contributed by atoms with Crippen molar-refractivity contribution in [3.05, 3.63) is 56.7 Å². The minimum atomic E-state index is -0.116. The Morgan fingerprint density at radius 3 is 2.94 bits per heavy atom. The van der Waals surface area contributed by atoms with E-state index >= 15 is 0 Å². The van der Waals surface area contributed by atoms with E-state index < -0.39 is 0 Å². The Hall–Kier alpha value is -1.16. The third-order valence-corrected chi connectivity index (χ3v) is 4.33. The van der Waals surface area contributed by atoms with Crippen molar-refractivity contribution < 1.29 is 9.53 Å². The maximum absolute atomic E-state index is 12.1. The van der Waals surface area contributed by atoms with Crippen LogP contribution >= 0.6 is 22.9 Å². The third-order valence-electron chi connectivity index (χ3n) is 3.06. The van der Waals surface area contributed by atoms with Crippen molar-refractivity contribution in [3.8, 4) is 0 Å². The molecular formula is C14H11ClO2S. The molecule has 1 atom stereocenters. The highest BCUT2D eigenvalue weighted by molar-refractivity contribution is 7.18. The number of fused-ring (bicyclic) bond motifs is 1. The molecule has 0 saturated heterocycles. The number of ketones is 1. The van der Waals surface area contributed by atoms with Crippen molar-refractivity contribution in [1.82, 2.24) is 0 Å². The smallest absolute Gasteiger partial charge is 0.175 e. The lowest BCUT2D eigenvalue weighted by Gasteiger charge is -2.09. The van der Waals surface area contributed by atoms with Gasteiger partial charge < -0.3 is 4.74 Å². The molecule has 0 saturated carbocycles. The summed E-state index contributed by atoms with van der Waals surface area (Å²) in [6.45, 7) is 0.597. The fraction of sp³-hybridized carbons (Fsp3) is 0.214. The van der Waals surface area contributed by atoms with E-state index in [-0.39, 0.29) is 11.9 Å². The van der Waals surface area contributed by atoms with Gasteiger partial charge in [0.25, 0.3) is 0 Å². The highest BCUT2D eigenvalue weighted by Crippen LogP contribution is 2.34. The molecule has 1 aromatic carbocycles. The molecule has 1 unspecified atom stereocenters. The summed E-state index contributed by atoms with van der Waals surface area (Å²) in [7, 11) is 0. The molecule has 0 amide bonds. The Morgan fingerprint density at radius 1 is 1.33 bits per heavy atom. The number of carbonyl (C=O) groups is 1. The molecule has 18 heavy (non-hydrogen) atoms. The number of halogens is 1. The van der Waals surface area contributed by atoms with Crippen molar-refractivity contribution in [3.63, 3.8) is 0 Å². The normalized spacial score (nSPS) is 17.7. The second-order valence-corrected chi connectivity index (χ2v) is 5.94. The zero-order chi connectivity index (χ0) is 12.5. The van der Waals surface area contributed by atoms with Crippen LogP contribution in [0.1, 0.15) is 33.3 Å². The van der Waals surface area contributed by atoms with E-state index in [4.69, 9.17) is 16.3 Å². The van der Waals surface area contributed by atoms with Crippen LogP contribution in [0.3, 0.4) is 0 Å². The summed E-state index contributed by atoms with van der Waals surface area (Å²) in [4.78, 5) is 12.8. The van der Waals surface area contributed by atoms with Crippen LogP contribution in [-0.2, 0) is 11.3 Å². The highest BCUT2D eigenvalue weighted by atomic mass is 35.5. The van der Waals surface area contributed by atoms with Gasteiger partial charge in [-0.05, 0) is 23.3 Å². The fourth-order valence-electron chi connectivity index (χ4n) is 2.16. The minimum absolute atomic E-state index is 0.0913. The van der Waals surface area contributed by atoms with Gasteiger partial charge in [0.15, 0.2) is 5.78 Å². The molecule has 0 bridgehead atoms. The van der Waals surface area contributed by atoms with Gasteiger partial charge in [-0.25, -0.2) is 0 Å². The Bertz CT molecular complexity index is 591. The average Bonchev–Trinajstić information content (AvgIpc) is 2.97. The van der Waals surface area contributed by atoms with Crippen molar-refractivity contribution in [1.29, 1.82) is 0 Å². The van der Waals surface area contributed by atoms with Crippen molar-refractivity contribution >= 4 is 28.7 Å². The van der Waals surface area contributed by atoms with Gasteiger partial charge in [0.05, 0.1) is 21.9 Å². The van der Waals surface area contributed by atoms with Crippen molar-refractivity contribution in [2.45, 2.75) is 19.1 Å². The van der Waals surface area contributed by atoms with Crippen LogP contribution in [0.15, 0.2) is 36.4 Å². The summed E-state index contributed by atoms with van der Waals surface area (Å²) in [6, 6.07) is 11.6. The standard InChI is InChI=1S/C14H11ClO2S/c15-14-6-5-13(18-14)11(16)7-12-10-4-2-1-3-9(10)8-17-12/h1-6,12H,7-8H2. The predicted molar refractivity (Wildman–Crippen MR) is 72.2 cm³/mol. The van der Waals surface area contributed by atoms with E-state index in [1.165, 1.54) is 16.9 Å². The van der Waals surface area contributed by atoms with Gasteiger partial charge in [0, 0.05) is 6.42 Å². The minimum Gasteiger partial charge on any atom is -0.368 e. The van der Waals surface area contributed by atoms with Gasteiger partial charge >= 0.3 is 0 Å². The first-order valence-corrected chi connectivity index (χ1v) is 6.91. The van der Waals surface area contributed by atoms with Crippen LogP contribution in [-0.4, -0.2) is 5.78 Å². The van der Waals surface area contributed by atoms with Crippen LogP contribution in [0.4, 0.5) is 0 Å². The van der Waals surface area contributed by atoms with E-state index in [1.807, 2.05) is 24.3 Å². The van der Waals surface area contributed by atoms with E-state index in [0.29, 0.717) is 22.2 Å². The predicted octanol–water partition coefficient (Wildman–Crippen LogP) is 4.25. The van der Waals surface area contributed by atoms with E-state index in [0.717, 1.165) is 5.56 Å². The monoisotopic (exact) mass is 278 g/mol. The summed E-state index contributed by atoms with van der Waals surface area (Å²) >= 11 is 7.16. The van der Waals surface area contributed by atoms with Gasteiger partial charge in [-0.2, -0.15) is 0 Å². The molecule has 0 fully saturated rings. The van der Waals surface area contributed by atoms with Crippen LogP contribution in [0, 0.1) is 0 Å². The number of hydrogen-bond acceptors (Lipinski definition) is 3. The largest absolute Gasteiger partial charge is 0.368 e. The summed E-state index contributed by atoms with van der Waals surface area (Å²) in [6.07, 6.45) is 0.267. The second kappa shape index (κ2) is 4.84. The molecule has 1 aliphatic rings. The topological polar surface area (TPSA) is 26.3 Å². The van der Waals surface area contributed by atoms with Crippen LogP contribution in [0.2, 0.25) is 4.34 Å². The Kier molecular flexibility index (Phi) is 3.20. The maximum Gasteiger partial charge on any atom is 0.175 e. The molecule has 2 heterocycles. The Morgan fingerprint density at radius 2 is 2.17 bits per heavy atom. The molecule has 1 aromatic heterocycles. The number of ether oxygens (including phenoxy) is 1. The highest BCUT2D eigenvalue weighted by Gasteiger charge is 2.25. The Labute approximate surface area is 114 Å². The number of thiophene rings is 1. The van der Waals surface area contributed by atoms with Crippen LogP contribution in [0.5, 0.6) is 0 Å². The molecular weight excluding hydrogens is 268 g/mol. The van der Waals surface area contributed by atoms with Crippen molar-refractivity contribution in [2.75, 3.05) is 0 Å². The molecule has 92 valence electrons. The Balaban J connectivity index is 1.77. The molecule has 0 aliphatic carbocycles. The van der Waals surface area contributed by atoms with Gasteiger partial charge in [-0.15, -0.1) is 11.3 Å². The molecule has 4 heteroatoms. The molecule has 0 N–H and O–H groups in total. The van der Waals surface area contributed by atoms with E-state index in [1.54, 1.807) is 12.1 Å². The summed E-state index contributed by atoms with van der Waals surface area (Å²) in [5.74, 6) is 0.0913. The first kappa shape index (κ1) is 11.9. The average molecular weight is 279 g/mol. The quantitative estimate of drug-likeness (QED) is 0.785. The molecule has 2 nitrogen and oxygen atoms in total. The van der Waals surface area contributed by atoms with E-state index in [9.17, 15) is 4.79 Å². The lowest BCUT2D eigenvalue weighted by Crippen LogP contribution is -2.05. The molecule has 0 spiro atoms. The summed E-state index contributed by atoms with van der Waals surface area (Å²) < 4.78 is 6.32. The molecule has 2 aromatic rings. The number of Topliss-reactive ketones (excluding diaryl/α,β-unsaturated/α-hetero) is 1. The second-order valence-electron chi connectivity index (χ2n) is 4.23. The zero-order valence-corrected chi connectivity index (χ0v) is 11.1. The lowest BCUT2D eigenvalue weighted by atomic mass is 10.0. The first-order chi connectivity index (χ1) is 8.74. The van der Waals surface area contributed by atoms with Gasteiger partial charge in [0.2, 0.25) is 0 Å². The number of hydrogen-bond donors (Lipinski definition) is 0. The third kappa shape index (κ3) is 2.21. The van der Waals surface area contributed by atoms with Crippen LogP contribution < -0.4 is 0 Å². The summed E-state index contributed by atoms with van der Waals surface area (Å²) in [5, 5.41) is 0. The summed E-state index contributed by atoms with van der Waals surface area (Å²) in [5.41, 5.74) is 2.31. The number of rotatable bonds is 3. The van der Waals surface area contributed by atoms with Gasteiger partial charge in [0.1, 0.15) is 0 Å². The van der Waals surface area contributed by atoms with Crippen molar-refractivity contribution in [2.24, 2.45) is 0 Å².